The van der Waals surface area contributed by atoms with Crippen LogP contribution in [0.5, 0.6) is 0 Å². The molecule has 0 bridgehead atoms. The lowest BCUT2D eigenvalue weighted by Gasteiger charge is -2.08. The molecule has 0 saturated carbocycles. The Morgan fingerprint density at radius 2 is 1.59 bits per heavy atom. The van der Waals surface area contributed by atoms with Crippen LogP contribution in [0.15, 0.2) is 24.4 Å². The molecule has 2 aromatic rings. The number of pyridine rings is 1. The van der Waals surface area contributed by atoms with E-state index in [0.29, 0.717) is 26.2 Å². The molecular weight excluding hydrogens is 285 g/mol. The van der Waals surface area contributed by atoms with Gasteiger partial charge in [-0.05, 0) is 18.2 Å². The third kappa shape index (κ3) is 2.46. The molecule has 0 spiro atoms. The second-order valence-corrected chi connectivity index (χ2v) is 4.55. The SMILES string of the molecule is Nc1ncc(F)cc1-c1cc(Cl)c(Cl)cc1Cl. The zero-order valence-corrected chi connectivity index (χ0v) is 10.6. The average molecular weight is 292 g/mol. The first-order valence-corrected chi connectivity index (χ1v) is 5.68. The fourth-order valence-electron chi connectivity index (χ4n) is 1.39. The Kier molecular flexibility index (Phi) is 3.43. The zero-order valence-electron chi connectivity index (χ0n) is 8.35. The van der Waals surface area contributed by atoms with Crippen LogP contribution in [0.25, 0.3) is 11.1 Å². The first kappa shape index (κ1) is 12.4. The minimum absolute atomic E-state index is 0.173. The number of benzene rings is 1. The van der Waals surface area contributed by atoms with Crippen molar-refractivity contribution in [1.82, 2.24) is 4.98 Å². The Balaban J connectivity index is 2.68. The van der Waals surface area contributed by atoms with Crippen molar-refractivity contribution in [2.24, 2.45) is 0 Å². The smallest absolute Gasteiger partial charge is 0.142 e. The lowest BCUT2D eigenvalue weighted by atomic mass is 10.1. The highest BCUT2D eigenvalue weighted by Gasteiger charge is 2.12. The molecule has 88 valence electrons. The van der Waals surface area contributed by atoms with Crippen LogP contribution in [-0.4, -0.2) is 4.98 Å². The van der Waals surface area contributed by atoms with Crippen LogP contribution in [0, 0.1) is 5.82 Å². The van der Waals surface area contributed by atoms with Gasteiger partial charge in [0.1, 0.15) is 11.6 Å². The van der Waals surface area contributed by atoms with Crippen molar-refractivity contribution < 1.29 is 4.39 Å². The van der Waals surface area contributed by atoms with Gasteiger partial charge >= 0.3 is 0 Å². The maximum Gasteiger partial charge on any atom is 0.142 e. The molecule has 1 aromatic carbocycles. The van der Waals surface area contributed by atoms with Crippen LogP contribution in [-0.2, 0) is 0 Å². The Hall–Kier alpha value is -1.03. The molecule has 0 radical (unpaired) electrons. The highest BCUT2D eigenvalue weighted by molar-refractivity contribution is 6.44. The van der Waals surface area contributed by atoms with Gasteiger partial charge in [0.05, 0.1) is 21.3 Å². The summed E-state index contributed by atoms with van der Waals surface area (Å²) >= 11 is 17.7. The highest BCUT2D eigenvalue weighted by atomic mass is 35.5. The third-order valence-electron chi connectivity index (χ3n) is 2.19. The van der Waals surface area contributed by atoms with Crippen LogP contribution in [0.1, 0.15) is 0 Å². The summed E-state index contributed by atoms with van der Waals surface area (Å²) in [6, 6.07) is 4.25. The predicted octanol–water partition coefficient (Wildman–Crippen LogP) is 4.43. The van der Waals surface area contributed by atoms with E-state index in [9.17, 15) is 4.39 Å². The van der Waals surface area contributed by atoms with Crippen molar-refractivity contribution in [3.63, 3.8) is 0 Å². The number of rotatable bonds is 1. The van der Waals surface area contributed by atoms with Crippen molar-refractivity contribution in [2.75, 3.05) is 5.73 Å². The van der Waals surface area contributed by atoms with Crippen LogP contribution >= 0.6 is 34.8 Å². The van der Waals surface area contributed by atoms with E-state index >= 15 is 0 Å². The van der Waals surface area contributed by atoms with Crippen molar-refractivity contribution in [3.05, 3.63) is 45.3 Å². The van der Waals surface area contributed by atoms with Crippen LogP contribution in [0.4, 0.5) is 10.2 Å². The van der Waals surface area contributed by atoms with E-state index in [1.165, 1.54) is 18.2 Å². The molecule has 0 aliphatic carbocycles. The fraction of sp³-hybridized carbons (Fsp3) is 0. The molecule has 0 aliphatic heterocycles. The van der Waals surface area contributed by atoms with E-state index in [4.69, 9.17) is 40.5 Å². The molecule has 1 heterocycles. The molecular formula is C11H6Cl3FN2. The molecule has 2 nitrogen and oxygen atoms in total. The van der Waals surface area contributed by atoms with Crippen molar-refractivity contribution in [2.45, 2.75) is 0 Å². The quantitative estimate of drug-likeness (QED) is 0.789. The van der Waals surface area contributed by atoms with E-state index in [0.717, 1.165) is 6.20 Å². The van der Waals surface area contributed by atoms with Crippen molar-refractivity contribution >= 4 is 40.6 Å². The lowest BCUT2D eigenvalue weighted by Crippen LogP contribution is -1.95. The van der Waals surface area contributed by atoms with Gasteiger partial charge in [-0.2, -0.15) is 0 Å². The van der Waals surface area contributed by atoms with Gasteiger partial charge in [0.2, 0.25) is 0 Å². The summed E-state index contributed by atoms with van der Waals surface area (Å²) in [6.07, 6.45) is 1.03. The summed E-state index contributed by atoms with van der Waals surface area (Å²) in [4.78, 5) is 3.72. The molecule has 0 amide bonds. The van der Waals surface area contributed by atoms with Gasteiger partial charge in [-0.25, -0.2) is 9.37 Å². The first-order chi connectivity index (χ1) is 7.99. The minimum Gasteiger partial charge on any atom is -0.383 e. The second-order valence-electron chi connectivity index (χ2n) is 3.33. The number of anilines is 1. The molecule has 17 heavy (non-hydrogen) atoms. The summed E-state index contributed by atoms with van der Waals surface area (Å²) in [5.74, 6) is -0.331. The van der Waals surface area contributed by atoms with Gasteiger partial charge < -0.3 is 5.73 Å². The number of aromatic nitrogens is 1. The Labute approximate surface area is 112 Å². The van der Waals surface area contributed by atoms with E-state index in [-0.39, 0.29) is 5.82 Å². The van der Waals surface area contributed by atoms with Gasteiger partial charge in [-0.15, -0.1) is 0 Å². The van der Waals surface area contributed by atoms with Gasteiger partial charge in [0.15, 0.2) is 0 Å². The number of nitrogen functional groups attached to an aromatic ring is 1. The molecule has 0 unspecified atom stereocenters. The monoisotopic (exact) mass is 290 g/mol. The van der Waals surface area contributed by atoms with Crippen LogP contribution < -0.4 is 5.73 Å². The summed E-state index contributed by atoms with van der Waals surface area (Å²) in [6.45, 7) is 0. The molecule has 0 aliphatic rings. The number of nitrogens with two attached hydrogens (primary N) is 1. The molecule has 0 saturated heterocycles. The van der Waals surface area contributed by atoms with E-state index in [1.54, 1.807) is 0 Å². The van der Waals surface area contributed by atoms with E-state index in [2.05, 4.69) is 4.98 Å². The molecule has 2 N–H and O–H groups in total. The Morgan fingerprint density at radius 1 is 0.941 bits per heavy atom. The number of hydrogen-bond donors (Lipinski definition) is 1. The van der Waals surface area contributed by atoms with Crippen LogP contribution in [0.2, 0.25) is 15.1 Å². The summed E-state index contributed by atoms with van der Waals surface area (Å²) in [7, 11) is 0. The van der Waals surface area contributed by atoms with Crippen molar-refractivity contribution in [3.8, 4) is 11.1 Å². The summed E-state index contributed by atoms with van der Waals surface area (Å²) < 4.78 is 13.1. The maximum absolute atomic E-state index is 13.1. The number of nitrogens with zero attached hydrogens (tertiary/aromatic N) is 1. The fourth-order valence-corrected chi connectivity index (χ4v) is 2.04. The molecule has 1 aromatic heterocycles. The molecule has 0 fully saturated rings. The maximum atomic E-state index is 13.1. The molecule has 0 atom stereocenters. The predicted molar refractivity (Wildman–Crippen MR) is 69.1 cm³/mol. The Bertz CT molecular complexity index is 587. The van der Waals surface area contributed by atoms with Gasteiger partial charge in [-0.1, -0.05) is 34.8 Å². The summed E-state index contributed by atoms with van der Waals surface area (Å²) in [5.41, 5.74) is 6.54. The molecule has 6 heteroatoms. The van der Waals surface area contributed by atoms with Gasteiger partial charge in [0, 0.05) is 11.1 Å². The first-order valence-electron chi connectivity index (χ1n) is 4.55. The largest absolute Gasteiger partial charge is 0.383 e. The normalized spacial score (nSPS) is 10.6. The topological polar surface area (TPSA) is 38.9 Å². The van der Waals surface area contributed by atoms with Crippen LogP contribution in [0.3, 0.4) is 0 Å². The summed E-state index contributed by atoms with van der Waals surface area (Å²) in [5, 5.41) is 0.969. The number of hydrogen-bond acceptors (Lipinski definition) is 2. The highest BCUT2D eigenvalue weighted by Crippen LogP contribution is 2.37. The van der Waals surface area contributed by atoms with Gasteiger partial charge in [0.25, 0.3) is 0 Å². The second kappa shape index (κ2) is 4.69. The Morgan fingerprint density at radius 3 is 2.29 bits per heavy atom. The minimum atomic E-state index is -0.503. The molecule has 2 rings (SSSR count). The van der Waals surface area contributed by atoms with E-state index < -0.39 is 5.82 Å². The lowest BCUT2D eigenvalue weighted by molar-refractivity contribution is 0.622. The average Bonchev–Trinajstić information content (AvgIpc) is 2.27. The third-order valence-corrected chi connectivity index (χ3v) is 3.22. The zero-order chi connectivity index (χ0) is 12.6. The number of halogens is 4. The standard InChI is InChI=1S/C11H6Cl3FN2/c12-8-3-10(14)9(13)2-6(8)7-1-5(15)4-17-11(7)16/h1-4H,(H2,16,17). The van der Waals surface area contributed by atoms with E-state index in [1.807, 2.05) is 0 Å². The van der Waals surface area contributed by atoms with Gasteiger partial charge in [-0.3, -0.25) is 0 Å². The van der Waals surface area contributed by atoms with Crippen molar-refractivity contribution in [1.29, 1.82) is 0 Å².